The summed E-state index contributed by atoms with van der Waals surface area (Å²) < 4.78 is 16.0. The number of carbonyl (C=O) groups excluding carboxylic acids is 3. The van der Waals surface area contributed by atoms with Crippen molar-refractivity contribution in [2.45, 2.75) is 64.7 Å². The Morgan fingerprint density at radius 2 is 1.32 bits per heavy atom. The lowest BCUT2D eigenvalue weighted by Gasteiger charge is -2.31. The van der Waals surface area contributed by atoms with Gasteiger partial charge in [0, 0.05) is 0 Å². The predicted octanol–water partition coefficient (Wildman–Crippen LogP) is 3.02. The molecule has 0 heterocycles. The van der Waals surface area contributed by atoms with E-state index in [0.717, 1.165) is 51.4 Å². The van der Waals surface area contributed by atoms with E-state index < -0.39 is 5.41 Å². The molecule has 0 aromatic heterocycles. The van der Waals surface area contributed by atoms with Crippen LogP contribution in [-0.4, -0.2) is 38.2 Å². The summed E-state index contributed by atoms with van der Waals surface area (Å²) in [6.07, 6.45) is 8.32. The second-order valence-corrected chi connectivity index (χ2v) is 7.44. The molecule has 2 rings (SSSR count). The molecular formula is C19H30O6. The van der Waals surface area contributed by atoms with Gasteiger partial charge in [-0.2, -0.15) is 0 Å². The Morgan fingerprint density at radius 3 is 1.68 bits per heavy atom. The number of ether oxygens (including phenoxy) is 3. The fourth-order valence-corrected chi connectivity index (χ4v) is 3.65. The number of hydrogen-bond acceptors (Lipinski definition) is 6. The van der Waals surface area contributed by atoms with Crippen LogP contribution in [0.15, 0.2) is 0 Å². The van der Waals surface area contributed by atoms with E-state index in [2.05, 4.69) is 0 Å². The van der Waals surface area contributed by atoms with E-state index in [1.54, 1.807) is 0 Å². The normalized spacial score (nSPS) is 18.9. The van der Waals surface area contributed by atoms with Crippen molar-refractivity contribution in [1.29, 1.82) is 0 Å². The Hall–Kier alpha value is -1.59. The van der Waals surface area contributed by atoms with Crippen LogP contribution in [0.4, 0.5) is 0 Å². The van der Waals surface area contributed by atoms with Crippen LogP contribution in [0.5, 0.6) is 0 Å². The monoisotopic (exact) mass is 354 g/mol. The predicted molar refractivity (Wildman–Crippen MR) is 90.6 cm³/mol. The summed E-state index contributed by atoms with van der Waals surface area (Å²) in [5.41, 5.74) is -0.677. The second kappa shape index (κ2) is 9.78. The first-order valence-electron chi connectivity index (χ1n) is 9.49. The van der Waals surface area contributed by atoms with Gasteiger partial charge in [0.2, 0.25) is 0 Å². The van der Waals surface area contributed by atoms with Crippen molar-refractivity contribution in [2.24, 2.45) is 17.3 Å². The third kappa shape index (κ3) is 5.72. The van der Waals surface area contributed by atoms with Gasteiger partial charge in [0.1, 0.15) is 19.8 Å². The molecule has 2 fully saturated rings. The van der Waals surface area contributed by atoms with Gasteiger partial charge >= 0.3 is 11.9 Å². The molecule has 0 amide bonds. The maximum Gasteiger partial charge on any atom is 0.308 e. The third-order valence-electron chi connectivity index (χ3n) is 5.63. The first-order valence-corrected chi connectivity index (χ1v) is 9.49. The summed E-state index contributed by atoms with van der Waals surface area (Å²) in [7, 11) is 0. The lowest BCUT2D eigenvalue weighted by atomic mass is 9.88. The van der Waals surface area contributed by atoms with E-state index in [1.807, 2.05) is 6.92 Å². The first kappa shape index (κ1) is 19.7. The van der Waals surface area contributed by atoms with Crippen molar-refractivity contribution in [3.05, 3.63) is 0 Å². The minimum atomic E-state index is -0.677. The Kier molecular flexibility index (Phi) is 7.72. The van der Waals surface area contributed by atoms with Gasteiger partial charge < -0.3 is 14.2 Å². The zero-order chi connectivity index (χ0) is 18.1. The van der Waals surface area contributed by atoms with Crippen LogP contribution in [0.1, 0.15) is 64.7 Å². The highest BCUT2D eigenvalue weighted by Gasteiger charge is 2.36. The van der Waals surface area contributed by atoms with E-state index in [0.29, 0.717) is 12.9 Å². The van der Waals surface area contributed by atoms with Crippen molar-refractivity contribution in [2.75, 3.05) is 19.8 Å². The van der Waals surface area contributed by atoms with Crippen molar-refractivity contribution >= 4 is 18.4 Å². The molecule has 25 heavy (non-hydrogen) atoms. The maximum absolute atomic E-state index is 12.2. The van der Waals surface area contributed by atoms with Crippen LogP contribution in [-0.2, 0) is 28.6 Å². The highest BCUT2D eigenvalue weighted by atomic mass is 16.6. The Bertz CT molecular complexity index is 417. The minimum Gasteiger partial charge on any atom is -0.467 e. The van der Waals surface area contributed by atoms with Crippen LogP contribution in [0.25, 0.3) is 0 Å². The molecule has 0 aromatic rings. The standard InChI is InChI=1S/C19H30O6/c1-2-19(11-23-14-20,12-24-17(21)15-7-3-4-8-15)13-25-18(22)16-9-5-6-10-16/h14-16H,2-13H2,1H3. The zero-order valence-electron chi connectivity index (χ0n) is 15.2. The summed E-state index contributed by atoms with van der Waals surface area (Å²) in [5.74, 6) is -0.433. The molecule has 0 atom stereocenters. The SMILES string of the molecule is CCC(COC=O)(COC(=O)C1CCCC1)COC(=O)C1CCCC1. The summed E-state index contributed by atoms with van der Waals surface area (Å²) in [4.78, 5) is 35.0. The average Bonchev–Trinajstić information content (AvgIpc) is 3.34. The van der Waals surface area contributed by atoms with Gasteiger partial charge in [0.25, 0.3) is 6.47 Å². The molecule has 6 nitrogen and oxygen atoms in total. The van der Waals surface area contributed by atoms with E-state index in [9.17, 15) is 14.4 Å². The fourth-order valence-electron chi connectivity index (χ4n) is 3.65. The maximum atomic E-state index is 12.2. The molecule has 142 valence electrons. The zero-order valence-corrected chi connectivity index (χ0v) is 15.2. The summed E-state index contributed by atoms with van der Waals surface area (Å²) in [6.45, 7) is 2.57. The smallest absolute Gasteiger partial charge is 0.308 e. The van der Waals surface area contributed by atoms with Crippen LogP contribution in [0.3, 0.4) is 0 Å². The van der Waals surface area contributed by atoms with Crippen molar-refractivity contribution in [1.82, 2.24) is 0 Å². The molecule has 0 aromatic carbocycles. The van der Waals surface area contributed by atoms with Crippen molar-refractivity contribution < 1.29 is 28.6 Å². The molecule has 0 bridgehead atoms. The van der Waals surface area contributed by atoms with Crippen LogP contribution in [0.2, 0.25) is 0 Å². The van der Waals surface area contributed by atoms with Gasteiger partial charge in [-0.3, -0.25) is 14.4 Å². The van der Waals surface area contributed by atoms with E-state index in [4.69, 9.17) is 14.2 Å². The highest BCUT2D eigenvalue weighted by Crippen LogP contribution is 2.30. The van der Waals surface area contributed by atoms with Gasteiger partial charge in [-0.1, -0.05) is 32.6 Å². The lowest BCUT2D eigenvalue weighted by Crippen LogP contribution is -2.39. The van der Waals surface area contributed by atoms with Gasteiger partial charge in [-0.05, 0) is 32.1 Å². The van der Waals surface area contributed by atoms with Gasteiger partial charge in [-0.25, -0.2) is 0 Å². The number of hydrogen-bond donors (Lipinski definition) is 0. The quantitative estimate of drug-likeness (QED) is 0.341. The molecule has 0 unspecified atom stereocenters. The van der Waals surface area contributed by atoms with E-state index in [-0.39, 0.29) is 43.6 Å². The minimum absolute atomic E-state index is 0.0254. The molecule has 6 heteroatoms. The Morgan fingerprint density at radius 1 is 0.880 bits per heavy atom. The van der Waals surface area contributed by atoms with Gasteiger partial charge in [0.15, 0.2) is 0 Å². The number of esters is 2. The summed E-state index contributed by atoms with van der Waals surface area (Å²) >= 11 is 0. The number of carbonyl (C=O) groups is 3. The van der Waals surface area contributed by atoms with E-state index >= 15 is 0 Å². The van der Waals surface area contributed by atoms with Crippen LogP contribution < -0.4 is 0 Å². The summed E-state index contributed by atoms with van der Waals surface area (Å²) in [5, 5.41) is 0. The van der Waals surface area contributed by atoms with Crippen LogP contribution >= 0.6 is 0 Å². The molecule has 0 spiro atoms. The number of rotatable bonds is 10. The fraction of sp³-hybridized carbons (Fsp3) is 0.842. The topological polar surface area (TPSA) is 78.9 Å². The lowest BCUT2D eigenvalue weighted by molar-refractivity contribution is -0.163. The van der Waals surface area contributed by atoms with Crippen molar-refractivity contribution in [3.63, 3.8) is 0 Å². The molecule has 0 N–H and O–H groups in total. The van der Waals surface area contributed by atoms with Crippen molar-refractivity contribution in [3.8, 4) is 0 Å². The van der Waals surface area contributed by atoms with Gasteiger partial charge in [-0.15, -0.1) is 0 Å². The molecule has 0 radical (unpaired) electrons. The molecule has 2 aliphatic carbocycles. The Balaban J connectivity index is 1.90. The molecule has 0 aliphatic heterocycles. The first-order chi connectivity index (χ1) is 12.1. The molecule has 2 saturated carbocycles. The molecule has 0 saturated heterocycles. The summed E-state index contributed by atoms with van der Waals surface area (Å²) in [6, 6.07) is 0. The van der Waals surface area contributed by atoms with Gasteiger partial charge in [0.05, 0.1) is 17.3 Å². The third-order valence-corrected chi connectivity index (χ3v) is 5.63. The Labute approximate surface area is 149 Å². The highest BCUT2D eigenvalue weighted by molar-refractivity contribution is 5.73. The molecular weight excluding hydrogens is 324 g/mol. The van der Waals surface area contributed by atoms with Crippen LogP contribution in [0, 0.1) is 17.3 Å². The average molecular weight is 354 g/mol. The largest absolute Gasteiger partial charge is 0.467 e. The second-order valence-electron chi connectivity index (χ2n) is 7.44. The molecule has 2 aliphatic rings. The van der Waals surface area contributed by atoms with E-state index in [1.165, 1.54) is 0 Å².